The van der Waals surface area contributed by atoms with Gasteiger partial charge in [-0.1, -0.05) is 55.6 Å². The Morgan fingerprint density at radius 3 is 2.11 bits per heavy atom. The lowest BCUT2D eigenvalue weighted by molar-refractivity contribution is -0.384. The first-order valence-corrected chi connectivity index (χ1v) is 9.11. The Balaban J connectivity index is 2.16. The number of rotatable bonds is 9. The number of non-ortho nitro benzene ring substituents is 1. The molecule has 6 heteroatoms. The SMILES string of the molecule is CCCCCCC(=NOC(C)=O)c1ccc(-c2ccc([N+](=O)[O-])cc2)cc1. The van der Waals surface area contributed by atoms with E-state index in [0.717, 1.165) is 48.1 Å². The van der Waals surface area contributed by atoms with Gasteiger partial charge in [0.1, 0.15) is 0 Å². The van der Waals surface area contributed by atoms with Gasteiger partial charge < -0.3 is 4.84 Å². The lowest BCUT2D eigenvalue weighted by Crippen LogP contribution is -2.04. The van der Waals surface area contributed by atoms with Crippen molar-refractivity contribution in [1.82, 2.24) is 0 Å². The van der Waals surface area contributed by atoms with E-state index in [0.29, 0.717) is 0 Å². The Morgan fingerprint density at radius 1 is 1.00 bits per heavy atom. The third-order valence-corrected chi connectivity index (χ3v) is 4.18. The fourth-order valence-corrected chi connectivity index (χ4v) is 2.71. The molecule has 0 saturated heterocycles. The van der Waals surface area contributed by atoms with E-state index in [1.807, 2.05) is 24.3 Å². The van der Waals surface area contributed by atoms with Crippen LogP contribution in [0.2, 0.25) is 0 Å². The maximum Gasteiger partial charge on any atom is 0.331 e. The van der Waals surface area contributed by atoms with Crippen molar-refractivity contribution >= 4 is 17.4 Å². The van der Waals surface area contributed by atoms with Gasteiger partial charge in [-0.25, -0.2) is 4.79 Å². The van der Waals surface area contributed by atoms with Crippen molar-refractivity contribution in [2.75, 3.05) is 0 Å². The molecule has 27 heavy (non-hydrogen) atoms. The van der Waals surface area contributed by atoms with Crippen LogP contribution in [0.4, 0.5) is 5.69 Å². The third kappa shape index (κ3) is 6.33. The number of oxime groups is 1. The first-order chi connectivity index (χ1) is 13.0. The molecule has 0 amide bonds. The second-order valence-corrected chi connectivity index (χ2v) is 6.31. The van der Waals surface area contributed by atoms with Gasteiger partial charge in [-0.05, 0) is 41.7 Å². The fraction of sp³-hybridized carbons (Fsp3) is 0.333. The summed E-state index contributed by atoms with van der Waals surface area (Å²) in [6.07, 6.45) is 5.15. The zero-order valence-electron chi connectivity index (χ0n) is 15.7. The Morgan fingerprint density at radius 2 is 1.59 bits per heavy atom. The van der Waals surface area contributed by atoms with E-state index in [1.165, 1.54) is 25.5 Å². The van der Waals surface area contributed by atoms with Crippen molar-refractivity contribution in [3.63, 3.8) is 0 Å². The van der Waals surface area contributed by atoms with Gasteiger partial charge in [-0.3, -0.25) is 10.1 Å². The number of hydrogen-bond acceptors (Lipinski definition) is 5. The summed E-state index contributed by atoms with van der Waals surface area (Å²) >= 11 is 0. The van der Waals surface area contributed by atoms with Gasteiger partial charge in [-0.2, -0.15) is 0 Å². The number of carbonyl (C=O) groups is 1. The van der Waals surface area contributed by atoms with Gasteiger partial charge in [0.05, 0.1) is 10.6 Å². The highest BCUT2D eigenvalue weighted by Crippen LogP contribution is 2.23. The fourth-order valence-electron chi connectivity index (χ4n) is 2.71. The molecule has 0 aliphatic heterocycles. The van der Waals surface area contributed by atoms with Crippen molar-refractivity contribution in [2.45, 2.75) is 46.0 Å². The monoisotopic (exact) mass is 368 g/mol. The van der Waals surface area contributed by atoms with Crippen molar-refractivity contribution in [3.05, 3.63) is 64.2 Å². The molecule has 2 rings (SSSR count). The summed E-state index contributed by atoms with van der Waals surface area (Å²) in [6, 6.07) is 14.2. The smallest absolute Gasteiger partial charge is 0.318 e. The average Bonchev–Trinajstić information content (AvgIpc) is 2.67. The number of benzene rings is 2. The molecule has 0 radical (unpaired) electrons. The van der Waals surface area contributed by atoms with Gasteiger partial charge in [-0.15, -0.1) is 0 Å². The molecule has 0 bridgehead atoms. The van der Waals surface area contributed by atoms with Crippen LogP contribution in [0.15, 0.2) is 53.7 Å². The highest BCUT2D eigenvalue weighted by atomic mass is 16.7. The predicted octanol–water partition coefficient (Wildman–Crippen LogP) is 5.50. The number of nitro benzene ring substituents is 1. The summed E-state index contributed by atoms with van der Waals surface area (Å²) in [7, 11) is 0. The summed E-state index contributed by atoms with van der Waals surface area (Å²) in [6.45, 7) is 3.49. The molecule has 0 N–H and O–H groups in total. The van der Waals surface area contributed by atoms with Crippen LogP contribution in [-0.2, 0) is 9.63 Å². The molecule has 0 fully saturated rings. The summed E-state index contributed by atoms with van der Waals surface area (Å²) < 4.78 is 0. The summed E-state index contributed by atoms with van der Waals surface area (Å²) in [4.78, 5) is 26.3. The van der Waals surface area contributed by atoms with Crippen LogP contribution in [0.1, 0.15) is 51.5 Å². The molecule has 0 aromatic heterocycles. The summed E-state index contributed by atoms with van der Waals surface area (Å²) in [5, 5.41) is 14.8. The molecule has 0 atom stereocenters. The van der Waals surface area contributed by atoms with E-state index in [9.17, 15) is 14.9 Å². The molecule has 0 spiro atoms. The average molecular weight is 368 g/mol. The quantitative estimate of drug-likeness (QED) is 0.192. The van der Waals surface area contributed by atoms with Crippen LogP contribution in [0.25, 0.3) is 11.1 Å². The molecule has 6 nitrogen and oxygen atoms in total. The van der Waals surface area contributed by atoms with Crippen LogP contribution in [-0.4, -0.2) is 16.6 Å². The maximum absolute atomic E-state index is 11.1. The zero-order valence-corrected chi connectivity index (χ0v) is 15.7. The second kappa shape index (κ2) is 10.2. The largest absolute Gasteiger partial charge is 0.331 e. The van der Waals surface area contributed by atoms with Crippen molar-refractivity contribution < 1.29 is 14.6 Å². The van der Waals surface area contributed by atoms with E-state index in [1.54, 1.807) is 12.1 Å². The molecular formula is C21H24N2O4. The molecular weight excluding hydrogens is 344 g/mol. The van der Waals surface area contributed by atoms with Gasteiger partial charge in [0.25, 0.3) is 5.69 Å². The van der Waals surface area contributed by atoms with E-state index in [2.05, 4.69) is 12.1 Å². The third-order valence-electron chi connectivity index (χ3n) is 4.18. The number of nitrogens with zero attached hydrogens (tertiary/aromatic N) is 2. The van der Waals surface area contributed by atoms with Crippen LogP contribution in [0.3, 0.4) is 0 Å². The Kier molecular flexibility index (Phi) is 7.67. The minimum absolute atomic E-state index is 0.0678. The van der Waals surface area contributed by atoms with Crippen molar-refractivity contribution in [3.8, 4) is 11.1 Å². The van der Waals surface area contributed by atoms with Crippen LogP contribution in [0.5, 0.6) is 0 Å². The first-order valence-electron chi connectivity index (χ1n) is 9.11. The molecule has 2 aromatic carbocycles. The van der Waals surface area contributed by atoms with E-state index in [-0.39, 0.29) is 5.69 Å². The minimum Gasteiger partial charge on any atom is -0.318 e. The summed E-state index contributed by atoms with van der Waals surface area (Å²) in [5.41, 5.74) is 3.56. The molecule has 0 saturated carbocycles. The van der Waals surface area contributed by atoms with Gasteiger partial charge in [0.2, 0.25) is 0 Å². The van der Waals surface area contributed by atoms with Gasteiger partial charge in [0, 0.05) is 19.1 Å². The maximum atomic E-state index is 11.1. The number of hydrogen-bond donors (Lipinski definition) is 0. The molecule has 0 heterocycles. The molecule has 0 unspecified atom stereocenters. The van der Waals surface area contributed by atoms with E-state index in [4.69, 9.17) is 4.84 Å². The Hall–Kier alpha value is -3.02. The number of carbonyl (C=O) groups excluding carboxylic acids is 1. The molecule has 142 valence electrons. The van der Waals surface area contributed by atoms with Crippen LogP contribution >= 0.6 is 0 Å². The van der Waals surface area contributed by atoms with E-state index >= 15 is 0 Å². The van der Waals surface area contributed by atoms with Crippen LogP contribution < -0.4 is 0 Å². The Labute approximate surface area is 159 Å². The second-order valence-electron chi connectivity index (χ2n) is 6.31. The lowest BCUT2D eigenvalue weighted by Gasteiger charge is -2.08. The van der Waals surface area contributed by atoms with Gasteiger partial charge in [0.15, 0.2) is 0 Å². The zero-order chi connectivity index (χ0) is 19.6. The highest BCUT2D eigenvalue weighted by Gasteiger charge is 2.08. The first kappa shape index (κ1) is 20.3. The number of unbranched alkanes of at least 4 members (excludes halogenated alkanes) is 3. The lowest BCUT2D eigenvalue weighted by atomic mass is 9.99. The molecule has 2 aromatic rings. The molecule has 0 aliphatic rings. The Bertz CT molecular complexity index is 796. The van der Waals surface area contributed by atoms with Crippen LogP contribution in [0, 0.1) is 10.1 Å². The van der Waals surface area contributed by atoms with Crippen molar-refractivity contribution in [2.24, 2.45) is 5.16 Å². The normalized spacial score (nSPS) is 11.3. The highest BCUT2D eigenvalue weighted by molar-refractivity contribution is 6.00. The van der Waals surface area contributed by atoms with Gasteiger partial charge >= 0.3 is 5.97 Å². The minimum atomic E-state index is -0.441. The topological polar surface area (TPSA) is 81.8 Å². The van der Waals surface area contributed by atoms with Crippen molar-refractivity contribution in [1.29, 1.82) is 0 Å². The number of nitro groups is 1. The summed E-state index contributed by atoms with van der Waals surface area (Å²) in [5.74, 6) is -0.441. The standard InChI is InChI=1S/C21H24N2O4/c1-3-4-5-6-7-21(22-27-16(2)24)19-10-8-17(9-11-19)18-12-14-20(15-13-18)23(25)26/h8-15H,3-7H2,1-2H3. The predicted molar refractivity (Wildman–Crippen MR) is 106 cm³/mol. The van der Waals surface area contributed by atoms with E-state index < -0.39 is 10.9 Å². The molecule has 0 aliphatic carbocycles.